The molecule has 1 amide bonds. The molecule has 2 unspecified atom stereocenters. The van der Waals surface area contributed by atoms with Crippen molar-refractivity contribution in [3.63, 3.8) is 0 Å². The lowest BCUT2D eigenvalue weighted by molar-refractivity contribution is -0.146. The third kappa shape index (κ3) is 3.33. The fourth-order valence-electron chi connectivity index (χ4n) is 2.90. The van der Waals surface area contributed by atoms with Crippen LogP contribution in [0.1, 0.15) is 37.8 Å². The van der Waals surface area contributed by atoms with Crippen molar-refractivity contribution in [1.29, 1.82) is 0 Å². The Kier molecular flexibility index (Phi) is 5.12. The van der Waals surface area contributed by atoms with E-state index >= 15 is 0 Å². The van der Waals surface area contributed by atoms with E-state index in [0.29, 0.717) is 41.4 Å². The van der Waals surface area contributed by atoms with Gasteiger partial charge in [0.25, 0.3) is 0 Å². The molecule has 0 spiro atoms. The molecule has 114 valence electrons. The van der Waals surface area contributed by atoms with Crippen LogP contribution < -0.4 is 0 Å². The highest BCUT2D eigenvalue weighted by Crippen LogP contribution is 2.39. The van der Waals surface area contributed by atoms with Gasteiger partial charge in [-0.15, -0.1) is 0 Å². The Morgan fingerprint density at radius 1 is 1.43 bits per heavy atom. The maximum atomic E-state index is 12.2. The quantitative estimate of drug-likeness (QED) is 0.918. The average Bonchev–Trinajstić information content (AvgIpc) is 2.57. The van der Waals surface area contributed by atoms with Gasteiger partial charge in [-0.25, -0.2) is 0 Å². The molecule has 1 fully saturated rings. The second kappa shape index (κ2) is 6.67. The van der Waals surface area contributed by atoms with Gasteiger partial charge < -0.3 is 10.0 Å². The van der Waals surface area contributed by atoms with Crippen LogP contribution in [-0.2, 0) is 9.59 Å². The lowest BCUT2D eigenvalue weighted by Gasteiger charge is -2.33. The van der Waals surface area contributed by atoms with E-state index in [4.69, 9.17) is 23.2 Å². The molecular formula is C15H17Cl2NO3. The number of carboxylic acids is 1. The molecule has 6 heteroatoms. The maximum absolute atomic E-state index is 12.2. The van der Waals surface area contributed by atoms with Crippen molar-refractivity contribution < 1.29 is 14.7 Å². The lowest BCUT2D eigenvalue weighted by Crippen LogP contribution is -2.39. The number of halogens is 2. The summed E-state index contributed by atoms with van der Waals surface area (Å²) in [7, 11) is 0. The van der Waals surface area contributed by atoms with E-state index in [0.717, 1.165) is 0 Å². The zero-order valence-electron chi connectivity index (χ0n) is 11.7. The highest BCUT2D eigenvalue weighted by Gasteiger charge is 2.38. The molecule has 21 heavy (non-hydrogen) atoms. The van der Waals surface area contributed by atoms with Gasteiger partial charge in [-0.2, -0.15) is 0 Å². The van der Waals surface area contributed by atoms with Crippen molar-refractivity contribution in [3.05, 3.63) is 33.8 Å². The van der Waals surface area contributed by atoms with Gasteiger partial charge in [0.05, 0.1) is 12.0 Å². The van der Waals surface area contributed by atoms with Gasteiger partial charge in [0.15, 0.2) is 0 Å². The highest BCUT2D eigenvalue weighted by molar-refractivity contribution is 6.35. The van der Waals surface area contributed by atoms with E-state index in [9.17, 15) is 14.7 Å². The first-order chi connectivity index (χ1) is 9.95. The fraction of sp³-hybridized carbons (Fsp3) is 0.467. The Labute approximate surface area is 133 Å². The predicted octanol–water partition coefficient (Wildman–Crippen LogP) is 3.77. The van der Waals surface area contributed by atoms with E-state index in [1.54, 1.807) is 23.1 Å². The molecule has 1 aromatic carbocycles. The molecular weight excluding hydrogens is 313 g/mol. The first kappa shape index (κ1) is 16.1. The van der Waals surface area contributed by atoms with Crippen LogP contribution in [0.25, 0.3) is 0 Å². The van der Waals surface area contributed by atoms with Gasteiger partial charge in [-0.05, 0) is 37.5 Å². The van der Waals surface area contributed by atoms with E-state index in [1.807, 2.05) is 6.92 Å². The van der Waals surface area contributed by atoms with Crippen molar-refractivity contribution in [2.24, 2.45) is 5.92 Å². The summed E-state index contributed by atoms with van der Waals surface area (Å²) >= 11 is 12.1. The highest BCUT2D eigenvalue weighted by atomic mass is 35.5. The number of aliphatic carboxylic acids is 1. The molecule has 1 N–H and O–H groups in total. The normalized spacial score (nSPS) is 23.0. The first-order valence-corrected chi connectivity index (χ1v) is 7.68. The van der Waals surface area contributed by atoms with Crippen LogP contribution in [0.5, 0.6) is 0 Å². The van der Waals surface area contributed by atoms with Gasteiger partial charge in [0.1, 0.15) is 0 Å². The molecule has 4 nitrogen and oxygen atoms in total. The zero-order valence-corrected chi connectivity index (χ0v) is 13.2. The Morgan fingerprint density at radius 2 is 2.14 bits per heavy atom. The summed E-state index contributed by atoms with van der Waals surface area (Å²) in [6.45, 7) is 2.30. The third-order valence-electron chi connectivity index (χ3n) is 3.88. The van der Waals surface area contributed by atoms with E-state index in [1.165, 1.54) is 0 Å². The molecule has 1 aliphatic heterocycles. The van der Waals surface area contributed by atoms with Crippen LogP contribution in [0.15, 0.2) is 18.2 Å². The van der Waals surface area contributed by atoms with Gasteiger partial charge in [0, 0.05) is 23.0 Å². The van der Waals surface area contributed by atoms with Gasteiger partial charge in [-0.3, -0.25) is 9.59 Å². The average molecular weight is 330 g/mol. The number of nitrogens with zero attached hydrogens (tertiary/aromatic N) is 1. The second-order valence-corrected chi connectivity index (χ2v) is 5.97. The molecule has 2 rings (SSSR count). The standard InChI is InChI=1S/C15H17Cl2NO3/c1-2-18-13(19)5-3-4-11(15(20)21)14(18)10-7-6-9(16)8-12(10)17/h6-8,11,14H,2-5H2,1H3,(H,20,21). The van der Waals surface area contributed by atoms with E-state index < -0.39 is 17.9 Å². The number of carbonyl (C=O) groups is 2. The molecule has 0 radical (unpaired) electrons. The van der Waals surface area contributed by atoms with Crippen LogP contribution in [0, 0.1) is 5.92 Å². The van der Waals surface area contributed by atoms with Crippen LogP contribution in [0.4, 0.5) is 0 Å². The van der Waals surface area contributed by atoms with Crippen molar-refractivity contribution in [2.45, 2.75) is 32.2 Å². The van der Waals surface area contributed by atoms with E-state index in [2.05, 4.69) is 0 Å². The topological polar surface area (TPSA) is 57.6 Å². The number of carbonyl (C=O) groups excluding carboxylic acids is 1. The van der Waals surface area contributed by atoms with Crippen molar-refractivity contribution in [2.75, 3.05) is 6.54 Å². The van der Waals surface area contributed by atoms with Gasteiger partial charge >= 0.3 is 5.97 Å². The lowest BCUT2D eigenvalue weighted by atomic mass is 9.89. The first-order valence-electron chi connectivity index (χ1n) is 6.93. The van der Waals surface area contributed by atoms with Crippen LogP contribution in [-0.4, -0.2) is 28.4 Å². The second-order valence-electron chi connectivity index (χ2n) is 5.13. The van der Waals surface area contributed by atoms with Crippen molar-refractivity contribution in [3.8, 4) is 0 Å². The van der Waals surface area contributed by atoms with E-state index in [-0.39, 0.29) is 5.91 Å². The monoisotopic (exact) mass is 329 g/mol. The number of rotatable bonds is 3. The van der Waals surface area contributed by atoms with Crippen LogP contribution >= 0.6 is 23.2 Å². The molecule has 1 heterocycles. The summed E-state index contributed by atoms with van der Waals surface area (Å²) < 4.78 is 0. The SMILES string of the molecule is CCN1C(=O)CCCC(C(=O)O)C1c1ccc(Cl)cc1Cl. The number of amides is 1. The largest absolute Gasteiger partial charge is 0.481 e. The molecule has 2 atom stereocenters. The molecule has 0 aliphatic carbocycles. The van der Waals surface area contributed by atoms with Crippen LogP contribution in [0.2, 0.25) is 10.0 Å². The predicted molar refractivity (Wildman–Crippen MR) is 81.6 cm³/mol. The summed E-state index contributed by atoms with van der Waals surface area (Å²) in [5.41, 5.74) is 0.644. The fourth-order valence-corrected chi connectivity index (χ4v) is 3.42. The molecule has 0 bridgehead atoms. The molecule has 0 saturated carbocycles. The minimum atomic E-state index is -0.904. The van der Waals surface area contributed by atoms with Crippen molar-refractivity contribution >= 4 is 35.1 Å². The summed E-state index contributed by atoms with van der Waals surface area (Å²) in [6, 6.07) is 4.42. The minimum Gasteiger partial charge on any atom is -0.481 e. The van der Waals surface area contributed by atoms with Crippen molar-refractivity contribution in [1.82, 2.24) is 4.90 Å². The molecule has 1 saturated heterocycles. The summed E-state index contributed by atoms with van der Waals surface area (Å²) in [6.07, 6.45) is 1.41. The van der Waals surface area contributed by atoms with Gasteiger partial charge in [0.2, 0.25) is 5.91 Å². The molecule has 1 aromatic rings. The zero-order chi connectivity index (χ0) is 15.6. The number of benzene rings is 1. The summed E-state index contributed by atoms with van der Waals surface area (Å²) in [5, 5.41) is 10.4. The van der Waals surface area contributed by atoms with Crippen LogP contribution in [0.3, 0.4) is 0 Å². The number of hydrogen-bond donors (Lipinski definition) is 1. The van der Waals surface area contributed by atoms with Gasteiger partial charge in [-0.1, -0.05) is 29.3 Å². The Bertz CT molecular complexity index is 560. The number of likely N-dealkylation sites (tertiary alicyclic amines) is 1. The number of carboxylic acid groups (broad SMARTS) is 1. The third-order valence-corrected chi connectivity index (χ3v) is 4.44. The Balaban J connectivity index is 2.53. The number of hydrogen-bond acceptors (Lipinski definition) is 2. The molecule has 1 aliphatic rings. The Hall–Kier alpha value is -1.26. The minimum absolute atomic E-state index is 0.0303. The summed E-state index contributed by atoms with van der Waals surface area (Å²) in [5.74, 6) is -1.59. The maximum Gasteiger partial charge on any atom is 0.308 e. The molecule has 0 aromatic heterocycles. The Morgan fingerprint density at radius 3 is 2.71 bits per heavy atom. The smallest absolute Gasteiger partial charge is 0.308 e. The summed E-state index contributed by atoms with van der Waals surface area (Å²) in [4.78, 5) is 25.5.